The molecule has 0 saturated carbocycles. The van der Waals surface area contributed by atoms with Gasteiger partial charge in [-0.15, -0.1) is 0 Å². The van der Waals surface area contributed by atoms with Crippen molar-refractivity contribution in [3.63, 3.8) is 0 Å². The molecular formula is C12H17NO2. The molecule has 0 amide bonds. The lowest BCUT2D eigenvalue weighted by Crippen LogP contribution is -2.24. The third-order valence-corrected chi connectivity index (χ3v) is 2.37. The third kappa shape index (κ3) is 3.72. The molecule has 3 heteroatoms. The van der Waals surface area contributed by atoms with E-state index in [-0.39, 0.29) is 17.5 Å². The van der Waals surface area contributed by atoms with Crippen LogP contribution in [0.4, 0.5) is 0 Å². The number of nitrogens with one attached hydrogen (secondary N) is 1. The molecular weight excluding hydrogens is 190 g/mol. The molecule has 1 rings (SSSR count). The predicted octanol–water partition coefficient (Wildman–Crippen LogP) is 1.36. The minimum atomic E-state index is 0.0313. The van der Waals surface area contributed by atoms with Crippen molar-refractivity contribution in [1.82, 2.24) is 5.32 Å². The lowest BCUT2D eigenvalue weighted by Gasteiger charge is -2.09. The van der Waals surface area contributed by atoms with Gasteiger partial charge in [0.25, 0.3) is 0 Å². The fourth-order valence-corrected chi connectivity index (χ4v) is 1.41. The molecule has 1 aromatic rings. The second-order valence-corrected chi connectivity index (χ2v) is 3.77. The number of ketones is 1. The summed E-state index contributed by atoms with van der Waals surface area (Å²) in [5.74, 6) is 0.480. The van der Waals surface area contributed by atoms with Crippen LogP contribution in [0.25, 0.3) is 0 Å². The van der Waals surface area contributed by atoms with Gasteiger partial charge >= 0.3 is 0 Å². The molecule has 1 unspecified atom stereocenters. The number of carbonyl (C=O) groups is 1. The maximum atomic E-state index is 11.7. The zero-order valence-electron chi connectivity index (χ0n) is 9.16. The van der Waals surface area contributed by atoms with Crippen LogP contribution in [-0.2, 0) is 11.2 Å². The highest BCUT2D eigenvalue weighted by atomic mass is 16.3. The van der Waals surface area contributed by atoms with Crippen LogP contribution in [-0.4, -0.2) is 24.5 Å². The monoisotopic (exact) mass is 207 g/mol. The van der Waals surface area contributed by atoms with Gasteiger partial charge in [0.1, 0.15) is 11.5 Å². The van der Waals surface area contributed by atoms with Gasteiger partial charge in [0.2, 0.25) is 0 Å². The van der Waals surface area contributed by atoms with Crippen molar-refractivity contribution in [2.75, 3.05) is 13.6 Å². The van der Waals surface area contributed by atoms with Gasteiger partial charge in [-0.2, -0.15) is 0 Å². The molecule has 1 aromatic carbocycles. The Kier molecular flexibility index (Phi) is 4.31. The van der Waals surface area contributed by atoms with Crippen molar-refractivity contribution in [2.45, 2.75) is 13.3 Å². The van der Waals surface area contributed by atoms with Crippen LogP contribution in [0.3, 0.4) is 0 Å². The van der Waals surface area contributed by atoms with E-state index in [0.29, 0.717) is 13.0 Å². The Morgan fingerprint density at radius 3 is 2.53 bits per heavy atom. The Bertz CT molecular complexity index is 319. The molecule has 0 aliphatic heterocycles. The third-order valence-electron chi connectivity index (χ3n) is 2.37. The van der Waals surface area contributed by atoms with Gasteiger partial charge in [-0.1, -0.05) is 19.1 Å². The summed E-state index contributed by atoms with van der Waals surface area (Å²) in [5, 5.41) is 12.1. The molecule has 0 bridgehead atoms. The molecule has 0 fully saturated rings. The summed E-state index contributed by atoms with van der Waals surface area (Å²) in [6, 6.07) is 6.76. The van der Waals surface area contributed by atoms with Gasteiger partial charge in [-0.25, -0.2) is 0 Å². The lowest BCUT2D eigenvalue weighted by atomic mass is 9.99. The Labute approximate surface area is 90.1 Å². The second kappa shape index (κ2) is 5.51. The average Bonchev–Trinajstić information content (AvgIpc) is 2.22. The van der Waals surface area contributed by atoms with Gasteiger partial charge in [0, 0.05) is 18.9 Å². The summed E-state index contributed by atoms with van der Waals surface area (Å²) in [6.07, 6.45) is 0.434. The maximum Gasteiger partial charge on any atom is 0.141 e. The number of carbonyl (C=O) groups excluding carboxylic acids is 1. The largest absolute Gasteiger partial charge is 0.508 e. The van der Waals surface area contributed by atoms with E-state index in [1.807, 2.05) is 14.0 Å². The van der Waals surface area contributed by atoms with E-state index in [2.05, 4.69) is 5.32 Å². The Morgan fingerprint density at radius 2 is 2.00 bits per heavy atom. The SMILES string of the molecule is CNCC(C)C(=O)Cc1ccc(O)cc1. The van der Waals surface area contributed by atoms with Crippen LogP contribution in [0.1, 0.15) is 12.5 Å². The first-order valence-electron chi connectivity index (χ1n) is 5.08. The topological polar surface area (TPSA) is 49.3 Å². The summed E-state index contributed by atoms with van der Waals surface area (Å²) >= 11 is 0. The summed E-state index contributed by atoms with van der Waals surface area (Å²) in [4.78, 5) is 11.7. The zero-order valence-corrected chi connectivity index (χ0v) is 9.16. The molecule has 2 N–H and O–H groups in total. The van der Waals surface area contributed by atoms with E-state index >= 15 is 0 Å². The average molecular weight is 207 g/mol. The van der Waals surface area contributed by atoms with E-state index in [1.54, 1.807) is 24.3 Å². The molecule has 15 heavy (non-hydrogen) atoms. The highest BCUT2D eigenvalue weighted by Gasteiger charge is 2.12. The standard InChI is InChI=1S/C12H17NO2/c1-9(8-13-2)12(15)7-10-3-5-11(14)6-4-10/h3-6,9,13-14H,7-8H2,1-2H3. The van der Waals surface area contributed by atoms with Gasteiger partial charge in [0.15, 0.2) is 0 Å². The van der Waals surface area contributed by atoms with Crippen molar-refractivity contribution in [3.05, 3.63) is 29.8 Å². The van der Waals surface area contributed by atoms with Crippen molar-refractivity contribution in [1.29, 1.82) is 0 Å². The molecule has 3 nitrogen and oxygen atoms in total. The number of hydrogen-bond acceptors (Lipinski definition) is 3. The summed E-state index contributed by atoms with van der Waals surface area (Å²) in [7, 11) is 1.84. The van der Waals surface area contributed by atoms with Crippen LogP contribution >= 0.6 is 0 Å². The van der Waals surface area contributed by atoms with Gasteiger partial charge in [-0.05, 0) is 24.7 Å². The first-order valence-corrected chi connectivity index (χ1v) is 5.08. The van der Waals surface area contributed by atoms with Crippen LogP contribution in [0.5, 0.6) is 5.75 Å². The number of phenolic OH excluding ortho intramolecular Hbond substituents is 1. The number of aromatic hydroxyl groups is 1. The number of Topliss-reactive ketones (excluding diaryl/α,β-unsaturated/α-hetero) is 1. The molecule has 0 radical (unpaired) electrons. The summed E-state index contributed by atoms with van der Waals surface area (Å²) in [6.45, 7) is 2.62. The van der Waals surface area contributed by atoms with E-state index in [9.17, 15) is 4.79 Å². The zero-order chi connectivity index (χ0) is 11.3. The number of rotatable bonds is 5. The van der Waals surface area contributed by atoms with Gasteiger partial charge < -0.3 is 10.4 Å². The summed E-state index contributed by atoms with van der Waals surface area (Å²) < 4.78 is 0. The Balaban J connectivity index is 2.54. The molecule has 0 aliphatic carbocycles. The molecule has 82 valence electrons. The van der Waals surface area contributed by atoms with E-state index in [1.165, 1.54) is 0 Å². The summed E-state index contributed by atoms with van der Waals surface area (Å²) in [5.41, 5.74) is 0.945. The molecule has 0 heterocycles. The van der Waals surface area contributed by atoms with E-state index < -0.39 is 0 Å². The molecule has 0 aliphatic rings. The first kappa shape index (κ1) is 11.7. The van der Waals surface area contributed by atoms with Crippen LogP contribution in [0, 0.1) is 5.92 Å². The highest BCUT2D eigenvalue weighted by Crippen LogP contribution is 2.11. The Hall–Kier alpha value is -1.35. The van der Waals surface area contributed by atoms with Gasteiger partial charge in [-0.3, -0.25) is 4.79 Å². The number of hydrogen-bond donors (Lipinski definition) is 2. The maximum absolute atomic E-state index is 11.7. The molecule has 0 saturated heterocycles. The van der Waals surface area contributed by atoms with E-state index in [0.717, 1.165) is 5.56 Å². The van der Waals surface area contributed by atoms with Gasteiger partial charge in [0.05, 0.1) is 0 Å². The van der Waals surface area contributed by atoms with Crippen LogP contribution in [0.2, 0.25) is 0 Å². The van der Waals surface area contributed by atoms with Crippen molar-refractivity contribution in [2.24, 2.45) is 5.92 Å². The highest BCUT2D eigenvalue weighted by molar-refractivity contribution is 5.83. The van der Waals surface area contributed by atoms with E-state index in [4.69, 9.17) is 5.11 Å². The smallest absolute Gasteiger partial charge is 0.141 e. The molecule has 0 spiro atoms. The normalized spacial score (nSPS) is 12.4. The Morgan fingerprint density at radius 1 is 1.40 bits per heavy atom. The lowest BCUT2D eigenvalue weighted by molar-refractivity contribution is -0.121. The second-order valence-electron chi connectivity index (χ2n) is 3.77. The van der Waals surface area contributed by atoms with Crippen molar-refractivity contribution in [3.8, 4) is 5.75 Å². The van der Waals surface area contributed by atoms with Crippen molar-refractivity contribution < 1.29 is 9.90 Å². The minimum absolute atomic E-state index is 0.0313. The van der Waals surface area contributed by atoms with Crippen LogP contribution in [0.15, 0.2) is 24.3 Å². The number of benzene rings is 1. The molecule has 0 aromatic heterocycles. The number of phenols is 1. The van der Waals surface area contributed by atoms with Crippen molar-refractivity contribution >= 4 is 5.78 Å². The quantitative estimate of drug-likeness (QED) is 0.766. The minimum Gasteiger partial charge on any atom is -0.508 e. The predicted molar refractivity (Wildman–Crippen MR) is 59.9 cm³/mol. The first-order chi connectivity index (χ1) is 7.13. The van der Waals surface area contributed by atoms with Crippen LogP contribution < -0.4 is 5.32 Å². The fourth-order valence-electron chi connectivity index (χ4n) is 1.41. The fraction of sp³-hybridized carbons (Fsp3) is 0.417. The molecule has 1 atom stereocenters.